The summed E-state index contributed by atoms with van der Waals surface area (Å²) in [5.41, 5.74) is 2.82. The Kier molecular flexibility index (Phi) is 5.54. The Balaban J connectivity index is 1.75. The summed E-state index contributed by atoms with van der Waals surface area (Å²) < 4.78 is 17.1. The van der Waals surface area contributed by atoms with Crippen LogP contribution in [0.25, 0.3) is 11.0 Å². The molecule has 3 aromatic rings. The molecular weight excluding hydrogens is 346 g/mol. The first-order chi connectivity index (χ1) is 13.0. The molecule has 6 nitrogen and oxygen atoms in total. The predicted molar refractivity (Wildman–Crippen MR) is 102 cm³/mol. The van der Waals surface area contributed by atoms with Crippen molar-refractivity contribution < 1.29 is 23.8 Å². The molecule has 6 heteroatoms. The second-order valence-electron chi connectivity index (χ2n) is 6.27. The standard InChI is InChI=1S/C21H23NO5/c1-4-25-16-6-8-17(9-7-16)26-12-15-5-10-19-18(13(15)2)11-20(27-19)14(3)22-21(23)24/h5-11,14,22H,4,12H2,1-3H3,(H,23,24). The van der Waals surface area contributed by atoms with E-state index in [1.807, 2.05) is 56.3 Å². The highest BCUT2D eigenvalue weighted by Gasteiger charge is 2.15. The molecule has 142 valence electrons. The molecule has 0 radical (unpaired) electrons. The van der Waals surface area contributed by atoms with Crippen LogP contribution in [-0.2, 0) is 6.61 Å². The summed E-state index contributed by atoms with van der Waals surface area (Å²) in [5.74, 6) is 2.17. The van der Waals surface area contributed by atoms with Crippen LogP contribution < -0.4 is 14.8 Å². The van der Waals surface area contributed by atoms with Gasteiger partial charge in [-0.05, 0) is 68.3 Å². The van der Waals surface area contributed by atoms with Crippen molar-refractivity contribution in [3.05, 3.63) is 59.4 Å². The van der Waals surface area contributed by atoms with Crippen LogP contribution in [-0.4, -0.2) is 17.8 Å². The summed E-state index contributed by atoms with van der Waals surface area (Å²) in [6.07, 6.45) is -1.08. The lowest BCUT2D eigenvalue weighted by molar-refractivity contribution is 0.189. The van der Waals surface area contributed by atoms with E-state index in [9.17, 15) is 4.79 Å². The molecule has 0 spiro atoms. The highest BCUT2D eigenvalue weighted by molar-refractivity contribution is 5.83. The van der Waals surface area contributed by atoms with Gasteiger partial charge in [-0.2, -0.15) is 0 Å². The fourth-order valence-electron chi connectivity index (χ4n) is 2.90. The maximum atomic E-state index is 10.8. The van der Waals surface area contributed by atoms with Gasteiger partial charge in [-0.15, -0.1) is 0 Å². The Bertz CT molecular complexity index is 930. The zero-order chi connectivity index (χ0) is 19.4. The first kappa shape index (κ1) is 18.6. The molecule has 1 amide bonds. The van der Waals surface area contributed by atoms with E-state index >= 15 is 0 Å². The highest BCUT2D eigenvalue weighted by atomic mass is 16.5. The van der Waals surface area contributed by atoms with E-state index in [-0.39, 0.29) is 0 Å². The number of benzene rings is 2. The van der Waals surface area contributed by atoms with Gasteiger partial charge in [0.2, 0.25) is 0 Å². The topological polar surface area (TPSA) is 80.9 Å². The second kappa shape index (κ2) is 8.03. The molecule has 1 heterocycles. The van der Waals surface area contributed by atoms with Crippen molar-refractivity contribution in [1.82, 2.24) is 5.32 Å². The van der Waals surface area contributed by atoms with E-state index in [1.165, 1.54) is 0 Å². The summed E-state index contributed by atoms with van der Waals surface area (Å²) in [5, 5.41) is 12.2. The molecule has 2 N–H and O–H groups in total. The highest BCUT2D eigenvalue weighted by Crippen LogP contribution is 2.29. The van der Waals surface area contributed by atoms with Gasteiger partial charge < -0.3 is 24.3 Å². The summed E-state index contributed by atoms with van der Waals surface area (Å²) in [4.78, 5) is 10.8. The molecule has 0 fully saturated rings. The number of amides is 1. The number of carbonyl (C=O) groups is 1. The van der Waals surface area contributed by atoms with Crippen molar-refractivity contribution >= 4 is 17.1 Å². The third-order valence-corrected chi connectivity index (χ3v) is 4.40. The lowest BCUT2D eigenvalue weighted by Crippen LogP contribution is -2.23. The average molecular weight is 369 g/mol. The Morgan fingerprint density at radius 3 is 2.44 bits per heavy atom. The van der Waals surface area contributed by atoms with Gasteiger partial charge in [0.1, 0.15) is 29.4 Å². The lowest BCUT2D eigenvalue weighted by Gasteiger charge is -2.10. The summed E-state index contributed by atoms with van der Waals surface area (Å²) in [7, 11) is 0. The monoisotopic (exact) mass is 369 g/mol. The number of nitrogens with one attached hydrogen (secondary N) is 1. The molecule has 0 saturated heterocycles. The van der Waals surface area contributed by atoms with Gasteiger partial charge in [0.15, 0.2) is 0 Å². The number of furan rings is 1. The minimum Gasteiger partial charge on any atom is -0.494 e. The molecule has 3 rings (SSSR count). The molecule has 0 saturated carbocycles. The third-order valence-electron chi connectivity index (χ3n) is 4.40. The number of aryl methyl sites for hydroxylation is 1. The molecule has 0 aliphatic carbocycles. The molecule has 1 aromatic heterocycles. The Morgan fingerprint density at radius 1 is 1.15 bits per heavy atom. The van der Waals surface area contributed by atoms with Gasteiger partial charge in [0.25, 0.3) is 0 Å². The number of hydrogen-bond acceptors (Lipinski definition) is 4. The van der Waals surface area contributed by atoms with Crippen LogP contribution in [0, 0.1) is 6.92 Å². The summed E-state index contributed by atoms with van der Waals surface area (Å²) >= 11 is 0. The molecule has 1 unspecified atom stereocenters. The van der Waals surface area contributed by atoms with Gasteiger partial charge in [0.05, 0.1) is 12.6 Å². The summed E-state index contributed by atoms with van der Waals surface area (Å²) in [6, 6.07) is 12.8. The number of ether oxygens (including phenoxy) is 2. The molecule has 1 atom stereocenters. The molecular formula is C21H23NO5. The van der Waals surface area contributed by atoms with Crippen LogP contribution in [0.4, 0.5) is 4.79 Å². The third kappa shape index (κ3) is 4.34. The normalized spacial score (nSPS) is 12.0. The predicted octanol–water partition coefficient (Wildman–Crippen LogP) is 5.05. The maximum Gasteiger partial charge on any atom is 0.405 e. The van der Waals surface area contributed by atoms with Crippen LogP contribution in [0.1, 0.15) is 36.8 Å². The zero-order valence-electron chi connectivity index (χ0n) is 15.6. The number of carboxylic acid groups (broad SMARTS) is 1. The molecule has 0 aliphatic heterocycles. The van der Waals surface area contributed by atoms with Crippen LogP contribution in [0.5, 0.6) is 11.5 Å². The number of rotatable bonds is 7. The van der Waals surface area contributed by atoms with Crippen LogP contribution in [0.3, 0.4) is 0 Å². The van der Waals surface area contributed by atoms with Crippen molar-refractivity contribution in [3.63, 3.8) is 0 Å². The van der Waals surface area contributed by atoms with E-state index < -0.39 is 12.1 Å². The SMILES string of the molecule is CCOc1ccc(OCc2ccc3oc(C(C)NC(=O)O)cc3c2C)cc1. The van der Waals surface area contributed by atoms with E-state index in [2.05, 4.69) is 5.32 Å². The quantitative estimate of drug-likeness (QED) is 0.609. The molecule has 0 bridgehead atoms. The van der Waals surface area contributed by atoms with E-state index in [1.54, 1.807) is 6.92 Å². The van der Waals surface area contributed by atoms with E-state index in [0.29, 0.717) is 19.0 Å². The average Bonchev–Trinajstić information content (AvgIpc) is 3.07. The lowest BCUT2D eigenvalue weighted by atomic mass is 10.0. The minimum atomic E-state index is -1.08. The minimum absolute atomic E-state index is 0.419. The van der Waals surface area contributed by atoms with Gasteiger partial charge >= 0.3 is 6.09 Å². The fourth-order valence-corrected chi connectivity index (χ4v) is 2.90. The summed E-state index contributed by atoms with van der Waals surface area (Å²) in [6.45, 7) is 6.76. The van der Waals surface area contributed by atoms with E-state index in [4.69, 9.17) is 19.0 Å². The largest absolute Gasteiger partial charge is 0.494 e. The van der Waals surface area contributed by atoms with Gasteiger partial charge in [-0.3, -0.25) is 0 Å². The van der Waals surface area contributed by atoms with Crippen LogP contribution in [0.2, 0.25) is 0 Å². The smallest absolute Gasteiger partial charge is 0.405 e. The van der Waals surface area contributed by atoms with Crippen molar-refractivity contribution in [2.45, 2.75) is 33.4 Å². The fraction of sp³-hybridized carbons (Fsp3) is 0.286. The first-order valence-electron chi connectivity index (χ1n) is 8.85. The van der Waals surface area contributed by atoms with Gasteiger partial charge in [-0.1, -0.05) is 6.07 Å². The number of fused-ring (bicyclic) bond motifs is 1. The molecule has 0 aliphatic rings. The van der Waals surface area contributed by atoms with Crippen molar-refractivity contribution in [1.29, 1.82) is 0 Å². The Morgan fingerprint density at radius 2 is 1.81 bits per heavy atom. The van der Waals surface area contributed by atoms with Crippen LogP contribution >= 0.6 is 0 Å². The van der Waals surface area contributed by atoms with Gasteiger partial charge in [0, 0.05) is 5.39 Å². The molecule has 27 heavy (non-hydrogen) atoms. The first-order valence-corrected chi connectivity index (χ1v) is 8.85. The molecule has 2 aromatic carbocycles. The number of hydrogen-bond donors (Lipinski definition) is 2. The maximum absolute atomic E-state index is 10.8. The van der Waals surface area contributed by atoms with Crippen LogP contribution in [0.15, 0.2) is 46.9 Å². The Labute approximate surface area is 157 Å². The Hall–Kier alpha value is -3.15. The second-order valence-corrected chi connectivity index (χ2v) is 6.27. The zero-order valence-corrected chi connectivity index (χ0v) is 15.6. The van der Waals surface area contributed by atoms with Gasteiger partial charge in [-0.25, -0.2) is 4.79 Å². The van der Waals surface area contributed by atoms with Crippen molar-refractivity contribution in [2.75, 3.05) is 6.61 Å². The van der Waals surface area contributed by atoms with Crippen molar-refractivity contribution in [2.24, 2.45) is 0 Å². The van der Waals surface area contributed by atoms with Crippen molar-refractivity contribution in [3.8, 4) is 11.5 Å². The van der Waals surface area contributed by atoms with E-state index in [0.717, 1.165) is 33.6 Å².